The van der Waals surface area contributed by atoms with Gasteiger partial charge in [-0.05, 0) is 45.6 Å². The van der Waals surface area contributed by atoms with Crippen LogP contribution in [-0.4, -0.2) is 80.7 Å². The Morgan fingerprint density at radius 2 is 1.96 bits per heavy atom. The van der Waals surface area contributed by atoms with E-state index in [1.807, 2.05) is 0 Å². The van der Waals surface area contributed by atoms with Crippen LogP contribution in [0.1, 0.15) is 40.0 Å². The highest BCUT2D eigenvalue weighted by molar-refractivity contribution is 5.96. The summed E-state index contributed by atoms with van der Waals surface area (Å²) in [5.41, 5.74) is -0.486. The lowest BCUT2D eigenvalue weighted by Crippen LogP contribution is -2.59. The third-order valence-electron chi connectivity index (χ3n) is 5.81. The number of rotatable bonds is 7. The largest absolute Gasteiger partial charge is 0.481 e. The lowest BCUT2D eigenvalue weighted by Gasteiger charge is -2.41. The summed E-state index contributed by atoms with van der Waals surface area (Å²) in [6, 6.07) is 0. The molecule has 1 saturated heterocycles. The predicted octanol–water partition coefficient (Wildman–Crippen LogP) is -0.402. The van der Waals surface area contributed by atoms with Crippen molar-refractivity contribution in [3.05, 3.63) is 11.6 Å². The Balaban J connectivity index is 2.01. The van der Waals surface area contributed by atoms with E-state index in [4.69, 9.17) is 9.47 Å². The fourth-order valence-corrected chi connectivity index (χ4v) is 4.04. The monoisotopic (exact) mass is 402 g/mol. The van der Waals surface area contributed by atoms with Crippen molar-refractivity contribution in [3.63, 3.8) is 0 Å². The Bertz CT molecular complexity index is 617. The molecule has 3 unspecified atom stereocenters. The molecule has 0 aromatic rings. The minimum absolute atomic E-state index is 0.0632. The Kier molecular flexibility index (Phi) is 7.35. The van der Waals surface area contributed by atoms with Crippen molar-refractivity contribution >= 4 is 11.8 Å². The zero-order chi connectivity index (χ0) is 21.2. The molecule has 0 bridgehead atoms. The maximum Gasteiger partial charge on any atom is 0.310 e. The topological polar surface area (TPSA) is 154 Å². The fraction of sp³-hybridized carbons (Fsp3) is 0.789. The van der Waals surface area contributed by atoms with Gasteiger partial charge in [-0.2, -0.15) is 0 Å². The highest BCUT2D eigenvalue weighted by Gasteiger charge is 2.47. The molecule has 1 heterocycles. The number of aliphatic hydroxyl groups excluding tert-OH is 4. The van der Waals surface area contributed by atoms with Crippen LogP contribution in [0.3, 0.4) is 0 Å². The summed E-state index contributed by atoms with van der Waals surface area (Å²) in [5.74, 6) is -1.58. The zero-order valence-corrected chi connectivity index (χ0v) is 16.3. The Labute approximate surface area is 163 Å². The summed E-state index contributed by atoms with van der Waals surface area (Å²) < 4.78 is 11.0. The molecular weight excluding hydrogens is 372 g/mol. The van der Waals surface area contributed by atoms with E-state index >= 15 is 0 Å². The van der Waals surface area contributed by atoms with Crippen molar-refractivity contribution in [1.29, 1.82) is 0 Å². The third kappa shape index (κ3) is 4.61. The molecule has 28 heavy (non-hydrogen) atoms. The first-order valence-electron chi connectivity index (χ1n) is 9.41. The Hall–Kier alpha value is -1.36. The maximum absolute atomic E-state index is 11.8. The van der Waals surface area contributed by atoms with Crippen molar-refractivity contribution in [3.8, 4) is 0 Å². The number of aliphatic hydroxyl groups is 4. The van der Waals surface area contributed by atoms with E-state index in [0.717, 1.165) is 0 Å². The minimum Gasteiger partial charge on any atom is -0.481 e. The van der Waals surface area contributed by atoms with Gasteiger partial charge < -0.3 is 35.0 Å². The molecule has 0 aromatic heterocycles. The summed E-state index contributed by atoms with van der Waals surface area (Å²) in [6.45, 7) is 4.48. The number of ketones is 1. The minimum atomic E-state index is -1.52. The molecule has 1 fully saturated rings. The Morgan fingerprint density at radius 3 is 2.54 bits per heavy atom. The molecule has 0 saturated carbocycles. The third-order valence-corrected chi connectivity index (χ3v) is 5.81. The van der Waals surface area contributed by atoms with Crippen LogP contribution < -0.4 is 0 Å². The smallest absolute Gasteiger partial charge is 0.310 e. The number of carbonyl (C=O) groups excluding carboxylic acids is 1. The summed E-state index contributed by atoms with van der Waals surface area (Å²) in [5, 5.41) is 48.5. The summed E-state index contributed by atoms with van der Waals surface area (Å²) >= 11 is 0. The van der Waals surface area contributed by atoms with Crippen LogP contribution >= 0.6 is 0 Å². The summed E-state index contributed by atoms with van der Waals surface area (Å²) in [4.78, 5) is 23.6. The Morgan fingerprint density at radius 1 is 1.32 bits per heavy atom. The second-order valence-corrected chi connectivity index (χ2v) is 8.03. The number of hydrogen-bond acceptors (Lipinski definition) is 8. The van der Waals surface area contributed by atoms with Crippen LogP contribution in [0.4, 0.5) is 0 Å². The number of ether oxygens (including phenoxy) is 2. The zero-order valence-electron chi connectivity index (χ0n) is 16.3. The van der Waals surface area contributed by atoms with Crippen LogP contribution in [0.25, 0.3) is 0 Å². The molecule has 0 spiro atoms. The number of carboxylic acid groups (broad SMARTS) is 1. The number of allylic oxidation sites excluding steroid dienone is 2. The van der Waals surface area contributed by atoms with Gasteiger partial charge in [-0.15, -0.1) is 0 Å². The molecule has 0 amide bonds. The summed E-state index contributed by atoms with van der Waals surface area (Å²) in [7, 11) is 0. The molecule has 1 aliphatic heterocycles. The second kappa shape index (κ2) is 8.98. The molecule has 2 aliphatic rings. The van der Waals surface area contributed by atoms with Gasteiger partial charge in [0.05, 0.1) is 18.1 Å². The first-order valence-corrected chi connectivity index (χ1v) is 9.41. The highest BCUT2D eigenvalue weighted by Crippen LogP contribution is 2.43. The highest BCUT2D eigenvalue weighted by atomic mass is 16.7. The standard InChI is InChI=1S/C19H30O9/c1-9-6-11(21)7-19(3,18(25)26)12(9)5-4-10(2)27-17-16(24)15(23)14(22)13(8-20)28-17/h6,10,12-17,20,22-24H,4-5,7-8H2,1-3H3,(H,25,26)/t10?,12?,13-,14-,15+,16-,17-,19?/m1/s1. The van der Waals surface area contributed by atoms with E-state index in [-0.39, 0.29) is 18.1 Å². The number of carbonyl (C=O) groups is 2. The van der Waals surface area contributed by atoms with Crippen LogP contribution in [-0.2, 0) is 19.1 Å². The average Bonchev–Trinajstić information content (AvgIpc) is 2.61. The molecule has 1 aliphatic carbocycles. The van der Waals surface area contributed by atoms with Gasteiger partial charge in [0.15, 0.2) is 12.1 Å². The van der Waals surface area contributed by atoms with Crippen LogP contribution in [0.15, 0.2) is 11.6 Å². The predicted molar refractivity (Wildman–Crippen MR) is 96.2 cm³/mol. The van der Waals surface area contributed by atoms with Gasteiger partial charge in [-0.1, -0.05) is 5.57 Å². The first-order chi connectivity index (χ1) is 13.0. The lowest BCUT2D eigenvalue weighted by atomic mass is 9.65. The molecule has 5 N–H and O–H groups in total. The van der Waals surface area contributed by atoms with Gasteiger partial charge in [-0.3, -0.25) is 9.59 Å². The van der Waals surface area contributed by atoms with Gasteiger partial charge in [-0.25, -0.2) is 0 Å². The number of aliphatic carboxylic acids is 1. The van der Waals surface area contributed by atoms with Crippen LogP contribution in [0.2, 0.25) is 0 Å². The first kappa shape index (κ1) is 22.9. The molecule has 160 valence electrons. The normalized spacial score (nSPS) is 40.1. The van der Waals surface area contributed by atoms with Crippen LogP contribution in [0.5, 0.6) is 0 Å². The van der Waals surface area contributed by atoms with E-state index in [9.17, 15) is 35.1 Å². The van der Waals surface area contributed by atoms with Crippen molar-refractivity contribution in [2.24, 2.45) is 11.3 Å². The van der Waals surface area contributed by atoms with Crippen LogP contribution in [0, 0.1) is 11.3 Å². The van der Waals surface area contributed by atoms with Crippen molar-refractivity contribution < 1.29 is 44.6 Å². The van der Waals surface area contributed by atoms with Gasteiger partial charge in [0, 0.05) is 6.42 Å². The van der Waals surface area contributed by atoms with E-state index in [1.165, 1.54) is 6.08 Å². The van der Waals surface area contributed by atoms with Crippen molar-refractivity contribution in [2.45, 2.75) is 76.8 Å². The quantitative estimate of drug-likeness (QED) is 0.382. The van der Waals surface area contributed by atoms with Crippen molar-refractivity contribution in [2.75, 3.05) is 6.61 Å². The summed E-state index contributed by atoms with van der Waals surface area (Å²) in [6.07, 6.45) is -4.94. The van der Waals surface area contributed by atoms with E-state index < -0.39 is 54.8 Å². The van der Waals surface area contributed by atoms with Gasteiger partial charge in [0.25, 0.3) is 0 Å². The molecule has 8 atom stereocenters. The van der Waals surface area contributed by atoms with Gasteiger partial charge in [0.1, 0.15) is 24.4 Å². The van der Waals surface area contributed by atoms with Crippen molar-refractivity contribution in [1.82, 2.24) is 0 Å². The average molecular weight is 402 g/mol. The second-order valence-electron chi connectivity index (χ2n) is 8.03. The lowest BCUT2D eigenvalue weighted by molar-refractivity contribution is -0.310. The molecular formula is C19H30O9. The molecule has 9 heteroatoms. The SMILES string of the molecule is CC1=CC(=O)CC(C)(C(=O)O)C1CCC(C)O[C@@H]1O[C@H](CO)[C@@H](O)[C@H](O)[C@H]1O. The maximum atomic E-state index is 11.8. The van der Waals surface area contributed by atoms with Gasteiger partial charge in [0.2, 0.25) is 0 Å². The van der Waals surface area contributed by atoms with E-state index in [2.05, 4.69) is 0 Å². The van der Waals surface area contributed by atoms with Gasteiger partial charge >= 0.3 is 5.97 Å². The molecule has 9 nitrogen and oxygen atoms in total. The fourth-order valence-electron chi connectivity index (χ4n) is 4.04. The molecule has 2 rings (SSSR count). The van der Waals surface area contributed by atoms with E-state index in [1.54, 1.807) is 20.8 Å². The molecule has 0 radical (unpaired) electrons. The molecule has 0 aromatic carbocycles. The van der Waals surface area contributed by atoms with E-state index in [0.29, 0.717) is 18.4 Å². The number of hydrogen-bond donors (Lipinski definition) is 5. The number of carboxylic acids is 1.